The first-order valence-electron chi connectivity index (χ1n) is 8.48. The van der Waals surface area contributed by atoms with E-state index in [0.717, 1.165) is 12.8 Å². The van der Waals surface area contributed by atoms with Gasteiger partial charge < -0.3 is 9.47 Å². The van der Waals surface area contributed by atoms with Gasteiger partial charge in [-0.3, -0.25) is 4.79 Å². The predicted octanol–water partition coefficient (Wildman–Crippen LogP) is 4.37. The number of rotatable bonds is 5. The molecule has 0 unspecified atom stereocenters. The van der Waals surface area contributed by atoms with Crippen LogP contribution in [-0.2, 0) is 20.9 Å². The van der Waals surface area contributed by atoms with Gasteiger partial charge in [0.15, 0.2) is 0 Å². The summed E-state index contributed by atoms with van der Waals surface area (Å²) in [5.41, 5.74) is 1.14. The average Bonchev–Trinajstić information content (AvgIpc) is 2.80. The van der Waals surface area contributed by atoms with Gasteiger partial charge in [-0.25, -0.2) is 0 Å². The summed E-state index contributed by atoms with van der Waals surface area (Å²) < 4.78 is 12.1. The molecule has 126 valence electrons. The van der Waals surface area contributed by atoms with Crippen LogP contribution in [0.15, 0.2) is 30.3 Å². The highest BCUT2D eigenvalue weighted by Gasteiger charge is 2.58. The van der Waals surface area contributed by atoms with Crippen LogP contribution in [0.4, 0.5) is 0 Å². The number of carbonyl (C=O) groups is 1. The predicted molar refractivity (Wildman–Crippen MR) is 98.4 cm³/mol. The molecule has 4 heteroatoms. The first kappa shape index (κ1) is 17.2. The molecule has 3 nitrogen and oxygen atoms in total. The largest absolute Gasteiger partial charge is 0.460 e. The second kappa shape index (κ2) is 7.09. The molecule has 1 aromatic carbocycles. The van der Waals surface area contributed by atoms with Gasteiger partial charge in [0.2, 0.25) is 0 Å². The van der Waals surface area contributed by atoms with E-state index in [9.17, 15) is 4.79 Å². The fourth-order valence-corrected chi connectivity index (χ4v) is 5.72. The van der Waals surface area contributed by atoms with Crippen LogP contribution in [0, 0.1) is 17.3 Å². The van der Waals surface area contributed by atoms with Gasteiger partial charge in [0, 0.05) is 9.34 Å². The number of carbonyl (C=O) groups excluding carboxylic acids is 1. The van der Waals surface area contributed by atoms with Gasteiger partial charge in [0.05, 0.1) is 19.1 Å². The number of fused-ring (bicyclic) bond motifs is 1. The molecule has 2 fully saturated rings. The van der Waals surface area contributed by atoms with Gasteiger partial charge >= 0.3 is 5.97 Å². The standard InChI is InChI=1S/C19H25IO3/c1-13(11-22-12-14-7-4-3-5-8-14)16-18(21)23-17-15(20)9-6-10-19(16,17)2/h3-5,7-8,13,15-17H,6,9-12H2,1-2H3/t13-,15+,16+,17-,19-/m1/s1. The number of esters is 1. The molecule has 0 spiro atoms. The van der Waals surface area contributed by atoms with E-state index in [1.54, 1.807) is 0 Å². The lowest BCUT2D eigenvalue weighted by Crippen LogP contribution is -2.44. The topological polar surface area (TPSA) is 35.5 Å². The van der Waals surface area contributed by atoms with Crippen LogP contribution < -0.4 is 0 Å². The molecular weight excluding hydrogens is 403 g/mol. The fourth-order valence-electron chi connectivity index (χ4n) is 4.31. The summed E-state index contributed by atoms with van der Waals surface area (Å²) >= 11 is 2.46. The molecule has 1 heterocycles. The van der Waals surface area contributed by atoms with E-state index in [1.165, 1.54) is 12.0 Å². The summed E-state index contributed by atoms with van der Waals surface area (Å²) in [6.45, 7) is 5.57. The molecule has 0 N–H and O–H groups in total. The molecule has 5 atom stereocenters. The number of alkyl halides is 1. The molecule has 1 aliphatic carbocycles. The third-order valence-corrected chi connectivity index (χ3v) is 6.72. The molecule has 2 aliphatic rings. The molecule has 1 saturated heterocycles. The van der Waals surface area contributed by atoms with Crippen LogP contribution in [0.1, 0.15) is 38.7 Å². The Hall–Kier alpha value is -0.620. The lowest BCUT2D eigenvalue weighted by molar-refractivity contribution is -0.145. The Kier molecular flexibility index (Phi) is 5.31. The van der Waals surface area contributed by atoms with Gasteiger partial charge in [-0.15, -0.1) is 0 Å². The minimum atomic E-state index is -0.0409. The average molecular weight is 428 g/mol. The maximum absolute atomic E-state index is 12.5. The second-order valence-corrected chi connectivity index (χ2v) is 8.83. The summed E-state index contributed by atoms with van der Waals surface area (Å²) in [7, 11) is 0. The molecule has 3 rings (SSSR count). The Bertz CT molecular complexity index is 547. The van der Waals surface area contributed by atoms with Crippen molar-refractivity contribution in [1.29, 1.82) is 0 Å². The van der Waals surface area contributed by atoms with Crippen LogP contribution in [0.3, 0.4) is 0 Å². The molecule has 0 bridgehead atoms. The zero-order chi connectivity index (χ0) is 16.4. The number of hydrogen-bond donors (Lipinski definition) is 0. The van der Waals surface area contributed by atoms with Gasteiger partial charge in [0.25, 0.3) is 0 Å². The maximum Gasteiger partial charge on any atom is 0.310 e. The fraction of sp³-hybridized carbons (Fsp3) is 0.632. The monoisotopic (exact) mass is 428 g/mol. The van der Waals surface area contributed by atoms with Crippen molar-refractivity contribution in [2.45, 2.75) is 49.7 Å². The molecule has 0 amide bonds. The second-order valence-electron chi connectivity index (χ2n) is 7.23. The Morgan fingerprint density at radius 2 is 2.13 bits per heavy atom. The van der Waals surface area contributed by atoms with Crippen LogP contribution in [-0.4, -0.2) is 22.6 Å². The van der Waals surface area contributed by atoms with Gasteiger partial charge in [-0.05, 0) is 24.3 Å². The Morgan fingerprint density at radius 1 is 1.39 bits per heavy atom. The van der Waals surface area contributed by atoms with Crippen LogP contribution in [0.2, 0.25) is 0 Å². The van der Waals surface area contributed by atoms with Gasteiger partial charge in [0.1, 0.15) is 6.10 Å². The van der Waals surface area contributed by atoms with E-state index in [0.29, 0.717) is 17.1 Å². The van der Waals surface area contributed by atoms with Crippen molar-refractivity contribution in [1.82, 2.24) is 0 Å². The Labute approximate surface area is 152 Å². The van der Waals surface area contributed by atoms with Crippen LogP contribution >= 0.6 is 22.6 Å². The third kappa shape index (κ3) is 3.43. The molecule has 1 saturated carbocycles. The van der Waals surface area contributed by atoms with E-state index >= 15 is 0 Å². The highest BCUT2D eigenvalue weighted by Crippen LogP contribution is 2.53. The highest BCUT2D eigenvalue weighted by atomic mass is 127. The van der Waals surface area contributed by atoms with Crippen LogP contribution in [0.5, 0.6) is 0 Å². The van der Waals surface area contributed by atoms with Crippen LogP contribution in [0.25, 0.3) is 0 Å². The van der Waals surface area contributed by atoms with Crippen molar-refractivity contribution in [2.75, 3.05) is 6.61 Å². The van der Waals surface area contributed by atoms with E-state index < -0.39 is 0 Å². The summed E-state index contributed by atoms with van der Waals surface area (Å²) in [4.78, 5) is 12.5. The molecule has 0 aromatic heterocycles. The van der Waals surface area contributed by atoms with E-state index in [2.05, 4.69) is 48.6 Å². The number of halogens is 1. The lowest BCUT2D eigenvalue weighted by atomic mass is 9.64. The minimum Gasteiger partial charge on any atom is -0.460 e. The van der Waals surface area contributed by atoms with E-state index in [4.69, 9.17) is 9.47 Å². The van der Waals surface area contributed by atoms with E-state index in [-0.39, 0.29) is 29.3 Å². The first-order valence-corrected chi connectivity index (χ1v) is 9.73. The molecule has 1 aliphatic heterocycles. The van der Waals surface area contributed by atoms with Crippen molar-refractivity contribution in [3.05, 3.63) is 35.9 Å². The molecule has 0 radical (unpaired) electrons. The zero-order valence-corrected chi connectivity index (χ0v) is 16.0. The molecule has 1 aromatic rings. The SMILES string of the molecule is C[C@H](COCc1ccccc1)[C@H]1C(=O)O[C@@H]2[C@@H](I)CCC[C@@]21C. The third-order valence-electron chi connectivity index (χ3n) is 5.44. The maximum atomic E-state index is 12.5. The number of hydrogen-bond acceptors (Lipinski definition) is 3. The van der Waals surface area contributed by atoms with Gasteiger partial charge in [-0.1, -0.05) is 73.2 Å². The van der Waals surface area contributed by atoms with Crippen molar-refractivity contribution in [3.8, 4) is 0 Å². The summed E-state index contributed by atoms with van der Waals surface area (Å²) in [5, 5.41) is 0. The first-order chi connectivity index (χ1) is 11.0. The summed E-state index contributed by atoms with van der Waals surface area (Å²) in [6, 6.07) is 10.2. The number of benzene rings is 1. The van der Waals surface area contributed by atoms with Crippen molar-refractivity contribution >= 4 is 28.6 Å². The summed E-state index contributed by atoms with van der Waals surface area (Å²) in [6.07, 6.45) is 3.49. The Balaban J connectivity index is 1.62. The highest BCUT2D eigenvalue weighted by molar-refractivity contribution is 14.1. The minimum absolute atomic E-state index is 0.0168. The molecule has 23 heavy (non-hydrogen) atoms. The Morgan fingerprint density at radius 3 is 2.87 bits per heavy atom. The number of ether oxygens (including phenoxy) is 2. The van der Waals surface area contributed by atoms with Crippen molar-refractivity contribution in [3.63, 3.8) is 0 Å². The zero-order valence-electron chi connectivity index (χ0n) is 13.8. The van der Waals surface area contributed by atoms with Gasteiger partial charge in [-0.2, -0.15) is 0 Å². The lowest BCUT2D eigenvalue weighted by Gasteiger charge is -2.41. The van der Waals surface area contributed by atoms with E-state index in [1.807, 2.05) is 18.2 Å². The normalized spacial score (nSPS) is 34.7. The van der Waals surface area contributed by atoms with Crippen molar-refractivity contribution in [2.24, 2.45) is 17.3 Å². The smallest absolute Gasteiger partial charge is 0.310 e. The quantitative estimate of drug-likeness (QED) is 0.397. The molecular formula is C19H25IO3. The summed E-state index contributed by atoms with van der Waals surface area (Å²) in [5.74, 6) is 0.126. The van der Waals surface area contributed by atoms with Crippen molar-refractivity contribution < 1.29 is 14.3 Å².